The summed E-state index contributed by atoms with van der Waals surface area (Å²) in [6.45, 7) is 2.92. The molecular weight excluding hydrogens is 250 g/mol. The van der Waals surface area contributed by atoms with Crippen LogP contribution in [0.3, 0.4) is 0 Å². The summed E-state index contributed by atoms with van der Waals surface area (Å²) >= 11 is 0. The number of hydrogen-bond acceptors (Lipinski definition) is 4. The van der Waals surface area contributed by atoms with Crippen LogP contribution in [0.1, 0.15) is 11.1 Å². The van der Waals surface area contributed by atoms with Gasteiger partial charge in [0, 0.05) is 18.9 Å². The lowest BCUT2D eigenvalue weighted by Gasteiger charge is -2.09. The summed E-state index contributed by atoms with van der Waals surface area (Å²) in [5.74, 6) is 1.21. The summed E-state index contributed by atoms with van der Waals surface area (Å²) in [4.78, 5) is 8.60. The van der Waals surface area contributed by atoms with Gasteiger partial charge in [0.25, 0.3) is 0 Å². The van der Waals surface area contributed by atoms with Crippen molar-refractivity contribution in [2.24, 2.45) is 0 Å². The van der Waals surface area contributed by atoms with E-state index in [2.05, 4.69) is 46.5 Å². The van der Waals surface area contributed by atoms with Crippen LogP contribution in [0.25, 0.3) is 5.65 Å². The second-order valence-electron chi connectivity index (χ2n) is 4.78. The maximum absolute atomic E-state index is 5.79. The number of imidazole rings is 1. The largest absolute Gasteiger partial charge is 0.382 e. The van der Waals surface area contributed by atoms with E-state index in [1.165, 1.54) is 11.1 Å². The molecule has 0 saturated carbocycles. The highest BCUT2D eigenvalue weighted by Crippen LogP contribution is 2.15. The third kappa shape index (κ3) is 2.42. The Labute approximate surface area is 117 Å². The van der Waals surface area contributed by atoms with Crippen molar-refractivity contribution in [1.29, 1.82) is 0 Å². The van der Waals surface area contributed by atoms with Gasteiger partial charge in [-0.05, 0) is 24.5 Å². The van der Waals surface area contributed by atoms with Gasteiger partial charge in [-0.1, -0.05) is 24.3 Å². The van der Waals surface area contributed by atoms with Crippen LogP contribution < -0.4 is 11.1 Å². The normalized spacial score (nSPS) is 10.8. The summed E-state index contributed by atoms with van der Waals surface area (Å²) in [5, 5.41) is 3.32. The molecule has 0 aliphatic carbocycles. The standard InChI is InChI=1S/C15H17N5/c1-11-4-2-3-5-12(11)6-7-17-14-15-18-8-9-20(15)10-13(16)19-14/h2-5,8-10H,6-7,16H2,1H3,(H,17,19). The first-order valence-electron chi connectivity index (χ1n) is 6.61. The third-order valence-corrected chi connectivity index (χ3v) is 3.34. The lowest BCUT2D eigenvalue weighted by molar-refractivity contribution is 0.989. The van der Waals surface area contributed by atoms with Gasteiger partial charge < -0.3 is 15.5 Å². The van der Waals surface area contributed by atoms with Crippen LogP contribution in [-0.4, -0.2) is 20.9 Å². The van der Waals surface area contributed by atoms with Crippen molar-refractivity contribution in [3.63, 3.8) is 0 Å². The highest BCUT2D eigenvalue weighted by atomic mass is 15.1. The molecule has 5 nitrogen and oxygen atoms in total. The summed E-state index contributed by atoms with van der Waals surface area (Å²) in [5.41, 5.74) is 9.23. The fourth-order valence-electron chi connectivity index (χ4n) is 2.28. The first-order valence-corrected chi connectivity index (χ1v) is 6.61. The maximum atomic E-state index is 5.79. The SMILES string of the molecule is Cc1ccccc1CCNc1nc(N)cn2ccnc12. The van der Waals surface area contributed by atoms with E-state index in [1.807, 2.05) is 10.6 Å². The molecule has 5 heteroatoms. The average molecular weight is 267 g/mol. The average Bonchev–Trinajstić information content (AvgIpc) is 2.89. The number of nitrogens with zero attached hydrogens (tertiary/aromatic N) is 3. The Morgan fingerprint density at radius 1 is 1.30 bits per heavy atom. The zero-order valence-electron chi connectivity index (χ0n) is 11.4. The van der Waals surface area contributed by atoms with Gasteiger partial charge in [0.05, 0.1) is 6.20 Å². The van der Waals surface area contributed by atoms with E-state index in [0.29, 0.717) is 5.82 Å². The molecule has 0 spiro atoms. The monoisotopic (exact) mass is 267 g/mol. The smallest absolute Gasteiger partial charge is 0.180 e. The Morgan fingerprint density at radius 2 is 2.15 bits per heavy atom. The number of aryl methyl sites for hydroxylation is 1. The van der Waals surface area contributed by atoms with E-state index in [-0.39, 0.29) is 0 Å². The number of nitrogens with two attached hydrogens (primary N) is 1. The van der Waals surface area contributed by atoms with Crippen molar-refractivity contribution in [3.8, 4) is 0 Å². The Morgan fingerprint density at radius 3 is 3.00 bits per heavy atom. The highest BCUT2D eigenvalue weighted by Gasteiger charge is 2.05. The molecule has 20 heavy (non-hydrogen) atoms. The molecule has 102 valence electrons. The van der Waals surface area contributed by atoms with Crippen LogP contribution in [0, 0.1) is 6.92 Å². The topological polar surface area (TPSA) is 68.2 Å². The first-order chi connectivity index (χ1) is 9.74. The number of fused-ring (bicyclic) bond motifs is 1. The van der Waals surface area contributed by atoms with Gasteiger partial charge in [0.15, 0.2) is 11.5 Å². The van der Waals surface area contributed by atoms with E-state index >= 15 is 0 Å². The lowest BCUT2D eigenvalue weighted by atomic mass is 10.1. The molecule has 0 aliphatic heterocycles. The summed E-state index contributed by atoms with van der Waals surface area (Å²) in [7, 11) is 0. The minimum Gasteiger partial charge on any atom is -0.382 e. The van der Waals surface area contributed by atoms with E-state index in [4.69, 9.17) is 5.73 Å². The van der Waals surface area contributed by atoms with E-state index < -0.39 is 0 Å². The van der Waals surface area contributed by atoms with Crippen molar-refractivity contribution in [3.05, 3.63) is 54.0 Å². The van der Waals surface area contributed by atoms with Gasteiger partial charge in [0.1, 0.15) is 5.82 Å². The Bertz CT molecular complexity index is 732. The van der Waals surface area contributed by atoms with Crippen LogP contribution in [-0.2, 0) is 6.42 Å². The number of rotatable bonds is 4. The van der Waals surface area contributed by atoms with Crippen molar-refractivity contribution >= 4 is 17.3 Å². The molecule has 0 amide bonds. The zero-order valence-corrected chi connectivity index (χ0v) is 11.4. The van der Waals surface area contributed by atoms with Gasteiger partial charge in [0.2, 0.25) is 0 Å². The Balaban J connectivity index is 1.74. The van der Waals surface area contributed by atoms with Gasteiger partial charge in [-0.25, -0.2) is 9.97 Å². The number of anilines is 2. The van der Waals surface area contributed by atoms with Gasteiger partial charge >= 0.3 is 0 Å². The highest BCUT2D eigenvalue weighted by molar-refractivity contribution is 5.64. The molecular formula is C15H17N5. The number of hydrogen-bond donors (Lipinski definition) is 2. The molecule has 0 radical (unpaired) electrons. The second-order valence-corrected chi connectivity index (χ2v) is 4.78. The van der Waals surface area contributed by atoms with E-state index in [9.17, 15) is 0 Å². The van der Waals surface area contributed by atoms with Gasteiger partial charge in [-0.15, -0.1) is 0 Å². The molecule has 0 saturated heterocycles. The van der Waals surface area contributed by atoms with Crippen molar-refractivity contribution in [1.82, 2.24) is 14.4 Å². The van der Waals surface area contributed by atoms with E-state index in [0.717, 1.165) is 24.4 Å². The molecule has 0 unspecified atom stereocenters. The summed E-state index contributed by atoms with van der Waals surface area (Å²) in [6.07, 6.45) is 6.30. The van der Waals surface area contributed by atoms with Crippen molar-refractivity contribution < 1.29 is 0 Å². The third-order valence-electron chi connectivity index (χ3n) is 3.34. The predicted molar refractivity (Wildman–Crippen MR) is 80.8 cm³/mol. The number of nitrogen functional groups attached to an aromatic ring is 1. The van der Waals surface area contributed by atoms with Crippen LogP contribution in [0.5, 0.6) is 0 Å². The zero-order chi connectivity index (χ0) is 13.9. The Kier molecular flexibility index (Phi) is 3.25. The van der Waals surface area contributed by atoms with Crippen molar-refractivity contribution in [2.45, 2.75) is 13.3 Å². The van der Waals surface area contributed by atoms with E-state index in [1.54, 1.807) is 12.4 Å². The van der Waals surface area contributed by atoms with Crippen molar-refractivity contribution in [2.75, 3.05) is 17.6 Å². The predicted octanol–water partition coefficient (Wildman–Crippen LogP) is 2.27. The lowest BCUT2D eigenvalue weighted by Crippen LogP contribution is -2.09. The molecule has 3 rings (SSSR count). The summed E-state index contributed by atoms with van der Waals surface area (Å²) in [6, 6.07) is 8.39. The van der Waals surface area contributed by atoms with Crippen LogP contribution >= 0.6 is 0 Å². The molecule has 0 atom stereocenters. The summed E-state index contributed by atoms with van der Waals surface area (Å²) < 4.78 is 1.87. The van der Waals surface area contributed by atoms with Crippen LogP contribution in [0.4, 0.5) is 11.6 Å². The molecule has 0 aliphatic rings. The van der Waals surface area contributed by atoms with Gasteiger partial charge in [-0.2, -0.15) is 0 Å². The second kappa shape index (κ2) is 5.21. The quantitative estimate of drug-likeness (QED) is 0.761. The molecule has 0 fully saturated rings. The molecule has 3 aromatic rings. The van der Waals surface area contributed by atoms with Gasteiger partial charge in [-0.3, -0.25) is 0 Å². The minimum atomic E-state index is 0.480. The molecule has 2 heterocycles. The number of nitrogens with one attached hydrogen (secondary N) is 1. The molecule has 2 aromatic heterocycles. The minimum absolute atomic E-state index is 0.480. The van der Waals surface area contributed by atoms with Crippen LogP contribution in [0.15, 0.2) is 42.9 Å². The molecule has 1 aromatic carbocycles. The maximum Gasteiger partial charge on any atom is 0.180 e. The fourth-order valence-corrected chi connectivity index (χ4v) is 2.28. The number of aromatic nitrogens is 3. The molecule has 3 N–H and O–H groups in total. The first kappa shape index (κ1) is 12.5. The Hall–Kier alpha value is -2.56. The molecule has 0 bridgehead atoms. The fraction of sp³-hybridized carbons (Fsp3) is 0.200. The number of benzene rings is 1. The van der Waals surface area contributed by atoms with Crippen LogP contribution in [0.2, 0.25) is 0 Å².